The normalized spacial score (nSPS) is 28.0. The van der Waals surface area contributed by atoms with Crippen LogP contribution in [0, 0.1) is 12.3 Å². The van der Waals surface area contributed by atoms with Crippen molar-refractivity contribution in [1.29, 1.82) is 0 Å². The second-order valence-corrected chi connectivity index (χ2v) is 7.17. The molecule has 21 heavy (non-hydrogen) atoms. The Kier molecular flexibility index (Phi) is 4.46. The van der Waals surface area contributed by atoms with Gasteiger partial charge in [-0.3, -0.25) is 0 Å². The number of halogens is 1. The van der Waals surface area contributed by atoms with Crippen molar-refractivity contribution < 1.29 is 4.74 Å². The van der Waals surface area contributed by atoms with E-state index in [1.54, 1.807) is 0 Å². The first kappa shape index (κ1) is 15.2. The van der Waals surface area contributed by atoms with Crippen molar-refractivity contribution in [3.05, 3.63) is 28.8 Å². The molecule has 2 atom stereocenters. The van der Waals surface area contributed by atoms with Crippen LogP contribution in [0.4, 0.5) is 0 Å². The summed E-state index contributed by atoms with van der Waals surface area (Å²) >= 11 is 6.31. The van der Waals surface area contributed by atoms with Crippen molar-refractivity contribution in [3.8, 4) is 5.75 Å². The predicted molar refractivity (Wildman–Crippen MR) is 88.2 cm³/mol. The van der Waals surface area contributed by atoms with E-state index >= 15 is 0 Å². The molecule has 0 saturated heterocycles. The van der Waals surface area contributed by atoms with Crippen LogP contribution >= 0.6 is 11.6 Å². The van der Waals surface area contributed by atoms with Gasteiger partial charge in [0, 0.05) is 17.9 Å². The molecule has 2 aliphatic rings. The molecular weight excluding hydrogens is 282 g/mol. The Morgan fingerprint density at radius 2 is 1.90 bits per heavy atom. The quantitative estimate of drug-likeness (QED) is 0.872. The molecule has 2 nitrogen and oxygen atoms in total. The van der Waals surface area contributed by atoms with E-state index in [1.165, 1.54) is 44.1 Å². The van der Waals surface area contributed by atoms with Crippen molar-refractivity contribution in [2.24, 2.45) is 5.41 Å². The lowest BCUT2D eigenvalue weighted by Crippen LogP contribution is -2.64. The Morgan fingerprint density at radius 1 is 1.19 bits per heavy atom. The van der Waals surface area contributed by atoms with Gasteiger partial charge in [0.05, 0.1) is 5.02 Å². The molecule has 2 unspecified atom stereocenters. The number of hydrogen-bond acceptors (Lipinski definition) is 2. The molecule has 0 aliphatic heterocycles. The van der Waals surface area contributed by atoms with Gasteiger partial charge in [0.25, 0.3) is 0 Å². The van der Waals surface area contributed by atoms with Crippen LogP contribution < -0.4 is 10.1 Å². The maximum Gasteiger partial charge on any atom is 0.138 e. The van der Waals surface area contributed by atoms with Gasteiger partial charge in [-0.15, -0.1) is 0 Å². The summed E-state index contributed by atoms with van der Waals surface area (Å²) in [5, 5.41) is 4.25. The third-order valence-electron chi connectivity index (χ3n) is 5.52. The summed E-state index contributed by atoms with van der Waals surface area (Å²) in [7, 11) is 2.09. The van der Waals surface area contributed by atoms with Crippen LogP contribution in [0.3, 0.4) is 0 Å². The highest BCUT2D eigenvalue weighted by Crippen LogP contribution is 2.52. The zero-order chi connectivity index (χ0) is 14.9. The monoisotopic (exact) mass is 307 g/mol. The highest BCUT2D eigenvalue weighted by Gasteiger charge is 2.55. The number of nitrogens with one attached hydrogen (secondary N) is 1. The van der Waals surface area contributed by atoms with Crippen molar-refractivity contribution in [1.82, 2.24) is 5.32 Å². The second kappa shape index (κ2) is 6.18. The second-order valence-electron chi connectivity index (χ2n) is 6.76. The third-order valence-corrected chi connectivity index (χ3v) is 5.84. The molecule has 0 radical (unpaired) electrons. The molecule has 3 rings (SSSR count). The van der Waals surface area contributed by atoms with Gasteiger partial charge >= 0.3 is 0 Å². The first-order chi connectivity index (χ1) is 10.2. The summed E-state index contributed by atoms with van der Waals surface area (Å²) in [5.74, 6) is 0.861. The molecular formula is C18H26ClNO. The summed E-state index contributed by atoms with van der Waals surface area (Å²) in [5.41, 5.74) is 1.52. The van der Waals surface area contributed by atoms with Crippen LogP contribution in [0.15, 0.2) is 18.2 Å². The Hall–Kier alpha value is -0.730. The van der Waals surface area contributed by atoms with Crippen molar-refractivity contribution >= 4 is 11.6 Å². The minimum Gasteiger partial charge on any atom is -0.488 e. The van der Waals surface area contributed by atoms with Gasteiger partial charge in [-0.25, -0.2) is 0 Å². The Morgan fingerprint density at radius 3 is 2.57 bits per heavy atom. The molecule has 116 valence electrons. The maximum absolute atomic E-state index is 6.37. The van der Waals surface area contributed by atoms with Crippen LogP contribution in [-0.2, 0) is 0 Å². The zero-order valence-corrected chi connectivity index (χ0v) is 13.9. The molecule has 1 N–H and O–H groups in total. The fourth-order valence-corrected chi connectivity index (χ4v) is 4.39. The molecule has 2 saturated carbocycles. The van der Waals surface area contributed by atoms with Gasteiger partial charge in [0.2, 0.25) is 0 Å². The van der Waals surface area contributed by atoms with Crippen LogP contribution in [0.1, 0.15) is 50.5 Å². The molecule has 0 aromatic heterocycles. The minimum absolute atomic E-state index is 0.312. The number of benzene rings is 1. The minimum atomic E-state index is 0.312. The van der Waals surface area contributed by atoms with Gasteiger partial charge in [-0.1, -0.05) is 43.4 Å². The van der Waals surface area contributed by atoms with Gasteiger partial charge in [-0.05, 0) is 44.5 Å². The molecule has 3 heteroatoms. The van der Waals surface area contributed by atoms with E-state index in [4.69, 9.17) is 16.3 Å². The van der Waals surface area contributed by atoms with Crippen LogP contribution in [0.25, 0.3) is 0 Å². The first-order valence-corrected chi connectivity index (χ1v) is 8.63. The maximum atomic E-state index is 6.37. The highest BCUT2D eigenvalue weighted by molar-refractivity contribution is 6.32. The van der Waals surface area contributed by atoms with E-state index in [0.717, 1.165) is 17.2 Å². The van der Waals surface area contributed by atoms with E-state index < -0.39 is 0 Å². The first-order valence-electron chi connectivity index (χ1n) is 8.26. The Balaban J connectivity index is 1.79. The Labute approximate surface area is 133 Å². The molecule has 0 bridgehead atoms. The number of ether oxygens (including phenoxy) is 1. The van der Waals surface area contributed by atoms with E-state index in [2.05, 4.69) is 25.4 Å². The standard InChI is InChI=1S/C18H26ClNO/c1-13-7-8-14(19)15(11-13)21-17-12-16(20-2)18(17)9-5-3-4-6-10-18/h7-8,11,16-17,20H,3-6,9-10,12H2,1-2H3. The topological polar surface area (TPSA) is 21.3 Å². The predicted octanol–water partition coefficient (Wildman–Crippen LogP) is 4.73. The number of hydrogen-bond donors (Lipinski definition) is 1. The fraction of sp³-hybridized carbons (Fsp3) is 0.667. The van der Waals surface area contributed by atoms with Gasteiger partial charge in [-0.2, -0.15) is 0 Å². The van der Waals surface area contributed by atoms with Crippen molar-refractivity contribution in [2.75, 3.05) is 7.05 Å². The lowest BCUT2D eigenvalue weighted by molar-refractivity contribution is -0.0881. The number of aryl methyl sites for hydroxylation is 1. The lowest BCUT2D eigenvalue weighted by Gasteiger charge is -2.55. The molecule has 0 heterocycles. The molecule has 2 aliphatic carbocycles. The fourth-order valence-electron chi connectivity index (χ4n) is 4.23. The summed E-state index contributed by atoms with van der Waals surface area (Å²) in [6.07, 6.45) is 9.39. The van der Waals surface area contributed by atoms with Crippen LogP contribution in [0.5, 0.6) is 5.75 Å². The van der Waals surface area contributed by atoms with Crippen LogP contribution in [-0.4, -0.2) is 19.2 Å². The molecule has 1 aromatic rings. The summed E-state index contributed by atoms with van der Waals surface area (Å²) in [6.45, 7) is 2.09. The Bertz CT molecular complexity index is 494. The average Bonchev–Trinajstić information content (AvgIpc) is 2.74. The van der Waals surface area contributed by atoms with E-state index in [-0.39, 0.29) is 0 Å². The largest absolute Gasteiger partial charge is 0.488 e. The summed E-state index contributed by atoms with van der Waals surface area (Å²) in [4.78, 5) is 0. The molecule has 1 aromatic carbocycles. The van der Waals surface area contributed by atoms with Crippen molar-refractivity contribution in [2.45, 2.75) is 64.0 Å². The third kappa shape index (κ3) is 2.80. The van der Waals surface area contributed by atoms with E-state index in [0.29, 0.717) is 17.6 Å². The van der Waals surface area contributed by atoms with Crippen LogP contribution in [0.2, 0.25) is 5.02 Å². The van der Waals surface area contributed by atoms with E-state index in [1.807, 2.05) is 12.1 Å². The van der Waals surface area contributed by atoms with Gasteiger partial charge in [0.15, 0.2) is 0 Å². The highest BCUT2D eigenvalue weighted by atomic mass is 35.5. The molecule has 2 fully saturated rings. The lowest BCUT2D eigenvalue weighted by atomic mass is 9.58. The number of rotatable bonds is 3. The van der Waals surface area contributed by atoms with Gasteiger partial charge in [0.1, 0.15) is 11.9 Å². The average molecular weight is 308 g/mol. The zero-order valence-electron chi connectivity index (χ0n) is 13.1. The smallest absolute Gasteiger partial charge is 0.138 e. The summed E-state index contributed by atoms with van der Waals surface area (Å²) in [6, 6.07) is 6.65. The summed E-state index contributed by atoms with van der Waals surface area (Å²) < 4.78 is 6.37. The van der Waals surface area contributed by atoms with E-state index in [9.17, 15) is 0 Å². The van der Waals surface area contributed by atoms with Crippen molar-refractivity contribution in [3.63, 3.8) is 0 Å². The van der Waals surface area contributed by atoms with Gasteiger partial charge < -0.3 is 10.1 Å². The SMILES string of the molecule is CNC1CC(Oc2cc(C)ccc2Cl)C12CCCCCC2. The molecule has 1 spiro atoms. The molecule has 0 amide bonds.